The van der Waals surface area contributed by atoms with Crippen molar-refractivity contribution in [1.82, 2.24) is 5.06 Å². The van der Waals surface area contributed by atoms with E-state index in [1.807, 2.05) is 13.8 Å². The van der Waals surface area contributed by atoms with Crippen LogP contribution in [-0.2, 0) is 0 Å². The van der Waals surface area contributed by atoms with Crippen LogP contribution in [0.25, 0.3) is 0 Å². The van der Waals surface area contributed by atoms with Crippen LogP contribution in [0, 0.1) is 0 Å². The van der Waals surface area contributed by atoms with Gasteiger partial charge in [0.05, 0.1) is 5.60 Å². The van der Waals surface area contributed by atoms with E-state index in [1.165, 1.54) is 5.06 Å². The Bertz CT molecular complexity index is 87.5. The van der Waals surface area contributed by atoms with Crippen molar-refractivity contribution in [3.8, 4) is 0 Å². The first-order chi connectivity index (χ1) is 5.37. The van der Waals surface area contributed by atoms with E-state index in [4.69, 9.17) is 16.0 Å². The third-order valence-corrected chi connectivity index (χ3v) is 1.23. The summed E-state index contributed by atoms with van der Waals surface area (Å²) < 4.78 is 0. The Morgan fingerprint density at radius 2 is 1.50 bits per heavy atom. The molecule has 0 heterocycles. The fourth-order valence-corrected chi connectivity index (χ4v) is 0.224. The van der Waals surface area contributed by atoms with Crippen molar-refractivity contribution in [1.29, 1.82) is 0 Å². The molecule has 0 spiro atoms. The van der Waals surface area contributed by atoms with Gasteiger partial charge in [-0.05, 0) is 13.8 Å². The van der Waals surface area contributed by atoms with Crippen LogP contribution in [0.3, 0.4) is 0 Å². The summed E-state index contributed by atoms with van der Waals surface area (Å²) in [5, 5.41) is 18.5. The minimum Gasteiger partial charge on any atom is -0.389 e. The van der Waals surface area contributed by atoms with Crippen LogP contribution in [0.1, 0.15) is 27.7 Å². The summed E-state index contributed by atoms with van der Waals surface area (Å²) in [6.45, 7) is 8.92. The van der Waals surface area contributed by atoms with Gasteiger partial charge in [-0.2, -0.15) is 5.06 Å². The summed E-state index contributed by atoms with van der Waals surface area (Å²) in [5.74, 6) is 0. The summed E-state index contributed by atoms with van der Waals surface area (Å²) in [4.78, 5) is 0. The second-order valence-corrected chi connectivity index (χ2v) is 3.16. The zero-order valence-corrected chi connectivity index (χ0v) is 8.54. The first-order valence-corrected chi connectivity index (χ1v) is 4.23. The third-order valence-electron chi connectivity index (χ3n) is 1.23. The third kappa shape index (κ3) is 16.4. The number of nitrogens with zero attached hydrogens (tertiary/aromatic N) is 1. The molecule has 76 valence electrons. The van der Waals surface area contributed by atoms with Gasteiger partial charge in [0.1, 0.15) is 0 Å². The Labute approximate surface area is 74.9 Å². The molecule has 0 aromatic heterocycles. The average molecular weight is 178 g/mol. The fourth-order valence-electron chi connectivity index (χ4n) is 0.224. The van der Waals surface area contributed by atoms with Gasteiger partial charge in [0.15, 0.2) is 0 Å². The molecule has 0 fully saturated rings. The molecule has 0 aliphatic carbocycles. The van der Waals surface area contributed by atoms with E-state index < -0.39 is 5.60 Å². The largest absolute Gasteiger partial charge is 0.389 e. The van der Waals surface area contributed by atoms with E-state index in [0.29, 0.717) is 6.54 Å². The fraction of sp³-hybridized carbons (Fsp3) is 1.00. The maximum Gasteiger partial charge on any atom is 0.0713 e. The van der Waals surface area contributed by atoms with Crippen LogP contribution in [0.5, 0.6) is 0 Å². The van der Waals surface area contributed by atoms with Crippen LogP contribution in [-0.4, -0.2) is 40.6 Å². The summed E-state index contributed by atoms with van der Waals surface area (Å²) in [5.41, 5.74) is 4.38. The molecule has 0 aromatic carbocycles. The quantitative estimate of drug-likeness (QED) is 0.548. The molecule has 0 aromatic rings. The van der Waals surface area contributed by atoms with Crippen molar-refractivity contribution < 1.29 is 10.3 Å². The van der Waals surface area contributed by atoms with Gasteiger partial charge in [0, 0.05) is 19.6 Å². The van der Waals surface area contributed by atoms with Gasteiger partial charge < -0.3 is 16.0 Å². The molecule has 0 radical (unpaired) electrons. The highest BCUT2D eigenvalue weighted by molar-refractivity contribution is 4.63. The molecule has 0 saturated heterocycles. The molecule has 4 nitrogen and oxygen atoms in total. The Morgan fingerprint density at radius 1 is 1.25 bits per heavy atom. The molecule has 4 heteroatoms. The molecule has 0 amide bonds. The minimum atomic E-state index is -0.681. The number of aliphatic hydroxyl groups is 1. The van der Waals surface area contributed by atoms with E-state index in [2.05, 4.69) is 0 Å². The summed E-state index contributed by atoms with van der Waals surface area (Å²) >= 11 is 0. The molecule has 0 aliphatic heterocycles. The Morgan fingerprint density at radius 3 is 1.50 bits per heavy atom. The monoisotopic (exact) mass is 178 g/mol. The molecule has 0 rings (SSSR count). The summed E-state index contributed by atoms with van der Waals surface area (Å²) in [7, 11) is 0. The van der Waals surface area contributed by atoms with Crippen molar-refractivity contribution in [2.24, 2.45) is 5.73 Å². The second kappa shape index (κ2) is 7.49. The molecule has 0 saturated carbocycles. The molecule has 0 aliphatic rings. The molecule has 0 unspecified atom stereocenters. The predicted octanol–water partition coefficient (Wildman–Crippen LogP) is 0.433. The number of hydrogen-bond donors (Lipinski definition) is 3. The maximum atomic E-state index is 8.70. The topological polar surface area (TPSA) is 69.7 Å². The zero-order valence-electron chi connectivity index (χ0n) is 8.54. The first-order valence-electron chi connectivity index (χ1n) is 4.23. The Hall–Kier alpha value is -0.160. The highest BCUT2D eigenvalue weighted by Gasteiger charge is 2.06. The van der Waals surface area contributed by atoms with Crippen molar-refractivity contribution in [3.63, 3.8) is 0 Å². The zero-order chi connectivity index (χ0) is 10.2. The van der Waals surface area contributed by atoms with Gasteiger partial charge in [-0.1, -0.05) is 13.8 Å². The first kappa shape index (κ1) is 14.4. The molecular formula is C8H22N2O2. The van der Waals surface area contributed by atoms with Crippen molar-refractivity contribution in [2.45, 2.75) is 33.3 Å². The van der Waals surface area contributed by atoms with Gasteiger partial charge in [0.25, 0.3) is 0 Å². The van der Waals surface area contributed by atoms with E-state index in [-0.39, 0.29) is 0 Å². The second-order valence-electron chi connectivity index (χ2n) is 3.16. The van der Waals surface area contributed by atoms with E-state index in [9.17, 15) is 0 Å². The van der Waals surface area contributed by atoms with Gasteiger partial charge in [-0.3, -0.25) is 0 Å². The lowest BCUT2D eigenvalue weighted by Crippen LogP contribution is -2.29. The smallest absolute Gasteiger partial charge is 0.0713 e. The maximum absolute atomic E-state index is 8.70. The molecule has 0 bridgehead atoms. The van der Waals surface area contributed by atoms with Gasteiger partial charge in [-0.15, -0.1) is 0 Å². The Balaban J connectivity index is 0. The highest BCUT2D eigenvalue weighted by Crippen LogP contribution is 1.93. The molecular weight excluding hydrogens is 156 g/mol. The lowest BCUT2D eigenvalue weighted by Gasteiger charge is -2.11. The molecule has 12 heavy (non-hydrogen) atoms. The normalized spacial score (nSPS) is 11.0. The predicted molar refractivity (Wildman–Crippen MR) is 50.1 cm³/mol. The Kier molecular flexibility index (Phi) is 8.97. The van der Waals surface area contributed by atoms with Crippen molar-refractivity contribution >= 4 is 0 Å². The van der Waals surface area contributed by atoms with Gasteiger partial charge in [-0.25, -0.2) is 0 Å². The van der Waals surface area contributed by atoms with Crippen LogP contribution in [0.2, 0.25) is 0 Å². The average Bonchev–Trinajstić information content (AvgIpc) is 2.03. The molecule has 0 atom stereocenters. The highest BCUT2D eigenvalue weighted by atomic mass is 16.5. The van der Waals surface area contributed by atoms with Crippen molar-refractivity contribution in [3.05, 3.63) is 0 Å². The number of rotatable bonds is 3. The van der Waals surface area contributed by atoms with Crippen LogP contribution >= 0.6 is 0 Å². The van der Waals surface area contributed by atoms with E-state index >= 15 is 0 Å². The SMILES string of the molecule is CC(C)(O)CN.CCN(O)CC. The minimum absolute atomic E-state index is 0.326. The molecule has 4 N–H and O–H groups in total. The van der Waals surface area contributed by atoms with Gasteiger partial charge in [0.2, 0.25) is 0 Å². The van der Waals surface area contributed by atoms with E-state index in [1.54, 1.807) is 13.8 Å². The van der Waals surface area contributed by atoms with Crippen molar-refractivity contribution in [2.75, 3.05) is 19.6 Å². The lowest BCUT2D eigenvalue weighted by atomic mass is 10.1. The van der Waals surface area contributed by atoms with Crippen LogP contribution in [0.15, 0.2) is 0 Å². The lowest BCUT2D eigenvalue weighted by molar-refractivity contribution is -0.0813. The summed E-state index contributed by atoms with van der Waals surface area (Å²) in [6, 6.07) is 0. The van der Waals surface area contributed by atoms with E-state index in [0.717, 1.165) is 13.1 Å². The number of hydroxylamine groups is 2. The number of nitrogens with two attached hydrogens (primary N) is 1. The summed E-state index contributed by atoms with van der Waals surface area (Å²) in [6.07, 6.45) is 0. The standard InChI is InChI=1S/2C4H11NO/c1-4(2,6)3-5;1-3-5(6)4-2/h6H,3,5H2,1-2H3;6H,3-4H2,1-2H3. The number of hydrogen-bond acceptors (Lipinski definition) is 4. The van der Waals surface area contributed by atoms with Gasteiger partial charge >= 0.3 is 0 Å². The van der Waals surface area contributed by atoms with Crippen LogP contribution in [0.4, 0.5) is 0 Å². The van der Waals surface area contributed by atoms with Crippen LogP contribution < -0.4 is 5.73 Å².